The third-order valence-corrected chi connectivity index (χ3v) is 2.41. The highest BCUT2D eigenvalue weighted by Gasteiger charge is 2.26. The smallest absolute Gasteiger partial charge is 0.0505 e. The van der Waals surface area contributed by atoms with E-state index in [2.05, 4.69) is 11.9 Å². The van der Waals surface area contributed by atoms with Crippen LogP contribution in [0.2, 0.25) is 0 Å². The van der Waals surface area contributed by atoms with E-state index in [-0.39, 0.29) is 0 Å². The van der Waals surface area contributed by atoms with E-state index in [1.165, 1.54) is 6.42 Å². The van der Waals surface area contributed by atoms with Crippen molar-refractivity contribution in [3.8, 4) is 0 Å². The van der Waals surface area contributed by atoms with Gasteiger partial charge in [0.2, 0.25) is 0 Å². The molecule has 2 aliphatic rings. The van der Waals surface area contributed by atoms with Crippen LogP contribution in [-0.4, -0.2) is 31.2 Å². The standard InChI is InChI=1S/C8H14NO/c1-9-3-7-2-8(4-9)6-10-5-7/h7-8H,1-6H2/q-1. The summed E-state index contributed by atoms with van der Waals surface area (Å²) < 4.78 is 5.43. The van der Waals surface area contributed by atoms with Crippen LogP contribution < -0.4 is 0 Å². The zero-order valence-corrected chi connectivity index (χ0v) is 6.25. The lowest BCUT2D eigenvalue weighted by molar-refractivity contribution is -0.0294. The molecule has 0 aliphatic carbocycles. The van der Waals surface area contributed by atoms with Crippen molar-refractivity contribution in [1.82, 2.24) is 4.90 Å². The molecule has 2 fully saturated rings. The fourth-order valence-corrected chi connectivity index (χ4v) is 2.07. The fourth-order valence-electron chi connectivity index (χ4n) is 2.07. The van der Waals surface area contributed by atoms with E-state index in [1.54, 1.807) is 0 Å². The normalized spacial score (nSPS) is 41.7. The van der Waals surface area contributed by atoms with Gasteiger partial charge in [-0.25, -0.2) is 0 Å². The molecule has 2 heteroatoms. The number of rotatable bonds is 0. The molecular formula is C8H14NO-. The molecule has 0 aromatic heterocycles. The molecule has 2 saturated heterocycles. The van der Waals surface area contributed by atoms with Gasteiger partial charge in [0.25, 0.3) is 0 Å². The highest BCUT2D eigenvalue weighted by Crippen LogP contribution is 2.25. The van der Waals surface area contributed by atoms with Crippen molar-refractivity contribution in [3.63, 3.8) is 0 Å². The first kappa shape index (κ1) is 6.62. The average molecular weight is 140 g/mol. The van der Waals surface area contributed by atoms with Crippen LogP contribution in [0.15, 0.2) is 0 Å². The van der Waals surface area contributed by atoms with Gasteiger partial charge in [-0.15, -0.1) is 0 Å². The molecule has 58 valence electrons. The minimum absolute atomic E-state index is 0.769. The molecule has 0 N–H and O–H groups in total. The summed E-state index contributed by atoms with van der Waals surface area (Å²) in [5.41, 5.74) is 0. The molecule has 0 spiro atoms. The monoisotopic (exact) mass is 140 g/mol. The van der Waals surface area contributed by atoms with E-state index in [9.17, 15) is 0 Å². The minimum atomic E-state index is 0.769. The summed E-state index contributed by atoms with van der Waals surface area (Å²) in [4.78, 5) is 2.18. The second-order valence-corrected chi connectivity index (χ2v) is 3.54. The first-order valence-corrected chi connectivity index (χ1v) is 3.98. The Labute approximate surface area is 62.2 Å². The molecule has 10 heavy (non-hydrogen) atoms. The van der Waals surface area contributed by atoms with Gasteiger partial charge >= 0.3 is 0 Å². The lowest BCUT2D eigenvalue weighted by atomic mass is 9.88. The maximum atomic E-state index is 5.43. The molecule has 2 atom stereocenters. The van der Waals surface area contributed by atoms with Gasteiger partial charge in [0, 0.05) is 0 Å². The summed E-state index contributed by atoms with van der Waals surface area (Å²) >= 11 is 0. The van der Waals surface area contributed by atoms with Crippen molar-refractivity contribution in [2.45, 2.75) is 6.42 Å². The van der Waals surface area contributed by atoms with Crippen LogP contribution in [-0.2, 0) is 4.74 Å². The molecule has 2 aliphatic heterocycles. The third-order valence-electron chi connectivity index (χ3n) is 2.41. The Morgan fingerprint density at radius 1 is 1.20 bits per heavy atom. The van der Waals surface area contributed by atoms with Crippen LogP contribution in [0.25, 0.3) is 0 Å². The number of ether oxygens (including phenoxy) is 1. The Bertz CT molecular complexity index is 110. The first-order chi connectivity index (χ1) is 4.84. The largest absolute Gasteiger partial charge is 0.459 e. The lowest BCUT2D eigenvalue weighted by Crippen LogP contribution is -2.43. The van der Waals surface area contributed by atoms with Gasteiger partial charge in [0.15, 0.2) is 0 Å². The third kappa shape index (κ3) is 1.18. The highest BCUT2D eigenvalue weighted by atomic mass is 16.5. The molecule has 2 nitrogen and oxygen atoms in total. The fraction of sp³-hybridized carbons (Fsp3) is 0.875. The number of likely N-dealkylation sites (tertiary alicyclic amines) is 1. The Hall–Kier alpha value is -0.0800. The lowest BCUT2D eigenvalue weighted by Gasteiger charge is -2.43. The van der Waals surface area contributed by atoms with E-state index >= 15 is 0 Å². The van der Waals surface area contributed by atoms with Gasteiger partial charge in [-0.2, -0.15) is 0 Å². The quantitative estimate of drug-likeness (QED) is 0.460. The first-order valence-electron chi connectivity index (χ1n) is 3.98. The summed E-state index contributed by atoms with van der Waals surface area (Å²) in [6.45, 7) is 4.19. The maximum Gasteiger partial charge on any atom is 0.0505 e. The van der Waals surface area contributed by atoms with Crippen molar-refractivity contribution in [1.29, 1.82) is 0 Å². The topological polar surface area (TPSA) is 12.5 Å². The van der Waals surface area contributed by atoms with Gasteiger partial charge in [0.05, 0.1) is 13.2 Å². The van der Waals surface area contributed by atoms with Crippen molar-refractivity contribution in [2.24, 2.45) is 11.8 Å². The zero-order valence-electron chi connectivity index (χ0n) is 6.25. The van der Waals surface area contributed by atoms with Gasteiger partial charge in [-0.3, -0.25) is 7.05 Å². The molecule has 2 bridgehead atoms. The molecule has 2 rings (SSSR count). The van der Waals surface area contributed by atoms with Crippen LogP contribution >= 0.6 is 0 Å². The highest BCUT2D eigenvalue weighted by molar-refractivity contribution is 4.81. The van der Waals surface area contributed by atoms with Crippen molar-refractivity contribution < 1.29 is 4.74 Å². The predicted molar refractivity (Wildman–Crippen MR) is 39.3 cm³/mol. The number of fused-ring (bicyclic) bond motifs is 2. The van der Waals surface area contributed by atoms with Crippen LogP contribution in [0.4, 0.5) is 0 Å². The molecule has 2 heterocycles. The predicted octanol–water partition coefficient (Wildman–Crippen LogP) is 0.746. The van der Waals surface area contributed by atoms with Crippen molar-refractivity contribution >= 4 is 0 Å². The summed E-state index contributed by atoms with van der Waals surface area (Å²) in [6, 6.07) is 0. The second kappa shape index (κ2) is 2.51. The van der Waals surface area contributed by atoms with Crippen LogP contribution in [0, 0.1) is 18.9 Å². The molecule has 2 unspecified atom stereocenters. The molecule has 0 amide bonds. The van der Waals surface area contributed by atoms with E-state index in [4.69, 9.17) is 4.74 Å². The number of piperidine rings is 1. The summed E-state index contributed by atoms with van der Waals surface area (Å²) in [6.07, 6.45) is 1.37. The number of hydrogen-bond acceptors (Lipinski definition) is 2. The molecular weight excluding hydrogens is 126 g/mol. The summed E-state index contributed by atoms with van der Waals surface area (Å²) in [5, 5.41) is 0. The van der Waals surface area contributed by atoms with E-state index in [0.29, 0.717) is 0 Å². The Morgan fingerprint density at radius 3 is 2.40 bits per heavy atom. The summed E-state index contributed by atoms with van der Waals surface area (Å²) in [5.74, 6) is 1.54. The van der Waals surface area contributed by atoms with E-state index < -0.39 is 0 Å². The average Bonchev–Trinajstić information content (AvgIpc) is 1.85. The molecule has 0 aromatic rings. The molecule has 0 radical (unpaired) electrons. The number of nitrogens with zero attached hydrogens (tertiary/aromatic N) is 1. The number of hydrogen-bond donors (Lipinski definition) is 0. The van der Waals surface area contributed by atoms with Crippen molar-refractivity contribution in [3.05, 3.63) is 7.05 Å². The Morgan fingerprint density at radius 2 is 1.80 bits per heavy atom. The van der Waals surface area contributed by atoms with Crippen LogP contribution in [0.3, 0.4) is 0 Å². The van der Waals surface area contributed by atoms with Gasteiger partial charge in [-0.05, 0) is 31.3 Å². The zero-order chi connectivity index (χ0) is 6.97. The Kier molecular flexibility index (Phi) is 1.66. The van der Waals surface area contributed by atoms with Crippen molar-refractivity contribution in [2.75, 3.05) is 26.3 Å². The van der Waals surface area contributed by atoms with Gasteiger partial charge in [0.1, 0.15) is 0 Å². The second-order valence-electron chi connectivity index (χ2n) is 3.54. The van der Waals surface area contributed by atoms with Gasteiger partial charge < -0.3 is 9.64 Å². The van der Waals surface area contributed by atoms with E-state index in [1.807, 2.05) is 0 Å². The van der Waals surface area contributed by atoms with Crippen LogP contribution in [0.1, 0.15) is 6.42 Å². The summed E-state index contributed by atoms with van der Waals surface area (Å²) in [7, 11) is 3.96. The molecule has 0 aromatic carbocycles. The van der Waals surface area contributed by atoms with Gasteiger partial charge in [-0.1, -0.05) is 0 Å². The minimum Gasteiger partial charge on any atom is -0.459 e. The SMILES string of the molecule is [CH2-]N1CC2COCC(C2)C1. The van der Waals surface area contributed by atoms with E-state index in [0.717, 1.165) is 38.1 Å². The Balaban J connectivity index is 1.98. The maximum absolute atomic E-state index is 5.43. The van der Waals surface area contributed by atoms with Crippen LogP contribution in [0.5, 0.6) is 0 Å². The molecule has 0 saturated carbocycles.